The number of halogens is 1. The zero-order valence-corrected chi connectivity index (χ0v) is 18.7. The van der Waals surface area contributed by atoms with Crippen molar-refractivity contribution in [3.63, 3.8) is 0 Å². The number of rotatable bonds is 6. The van der Waals surface area contributed by atoms with E-state index in [1.54, 1.807) is 0 Å². The number of aryl methyl sites for hydroxylation is 1. The molecule has 2 aliphatic heterocycles. The fourth-order valence-electron chi connectivity index (χ4n) is 3.49. The molecular weight excluding hydrogens is 410 g/mol. The largest absolute Gasteiger partial charge is 0.361 e. The van der Waals surface area contributed by atoms with Gasteiger partial charge in [0.15, 0.2) is 0 Å². The van der Waals surface area contributed by atoms with Gasteiger partial charge in [0.05, 0.1) is 11.4 Å². The maximum absolute atomic E-state index is 12.9. The van der Waals surface area contributed by atoms with Gasteiger partial charge in [0.2, 0.25) is 0 Å². The van der Waals surface area contributed by atoms with Crippen molar-refractivity contribution >= 4 is 35.6 Å². The Morgan fingerprint density at radius 1 is 1.31 bits per heavy atom. The van der Waals surface area contributed by atoms with E-state index >= 15 is 0 Å². The molecule has 0 radical (unpaired) electrons. The summed E-state index contributed by atoms with van der Waals surface area (Å²) in [6.07, 6.45) is 2.36. The highest BCUT2D eigenvalue weighted by Gasteiger charge is 2.49. The van der Waals surface area contributed by atoms with Crippen molar-refractivity contribution in [1.82, 2.24) is 9.88 Å². The van der Waals surface area contributed by atoms with Crippen molar-refractivity contribution in [2.24, 2.45) is 4.99 Å². The average Bonchev–Trinajstić information content (AvgIpc) is 3.09. The van der Waals surface area contributed by atoms with Gasteiger partial charge in [-0.2, -0.15) is 0 Å². The highest BCUT2D eigenvalue weighted by molar-refractivity contribution is 9.10. The lowest BCUT2D eigenvalue weighted by atomic mass is 9.95. The quantitative estimate of drug-likeness (QED) is 0.498. The number of pyridine rings is 1. The number of carbonyl (C=O) groups is 1. The number of hydrogen-bond donors (Lipinski definition) is 0. The van der Waals surface area contributed by atoms with Gasteiger partial charge in [0.25, 0.3) is 5.91 Å². The summed E-state index contributed by atoms with van der Waals surface area (Å²) in [7, 11) is -1.10. The number of amides is 1. The molecule has 7 heteroatoms. The van der Waals surface area contributed by atoms with Gasteiger partial charge < -0.3 is 9.64 Å². The molecule has 1 spiro atoms. The standard InChI is InChI=1S/C19H28BrN3O2Si/c1-14-11-15(20)12-17(21-14)16-5-6-19(22-16)7-8-23(18(19)24)13-25-9-10-26(2,3)4/h11-12H,5-10,13H2,1-4H3/t19-/m0/s1. The predicted octanol–water partition coefficient (Wildman–Crippen LogP) is 4.02. The van der Waals surface area contributed by atoms with Gasteiger partial charge in [0, 0.05) is 31.4 Å². The van der Waals surface area contributed by atoms with Crippen molar-refractivity contribution in [2.75, 3.05) is 19.9 Å². The Hall–Kier alpha value is -1.05. The number of likely N-dealkylation sites (tertiary alicyclic amines) is 1. The molecule has 1 fully saturated rings. The summed E-state index contributed by atoms with van der Waals surface area (Å²) in [5.74, 6) is 0.118. The Morgan fingerprint density at radius 2 is 2.08 bits per heavy atom. The number of ether oxygens (including phenoxy) is 1. The molecule has 26 heavy (non-hydrogen) atoms. The number of nitrogens with zero attached hydrogens (tertiary/aromatic N) is 3. The smallest absolute Gasteiger partial charge is 0.252 e. The minimum atomic E-state index is -1.10. The van der Waals surface area contributed by atoms with Crippen molar-refractivity contribution in [3.05, 3.63) is 28.0 Å². The second kappa shape index (κ2) is 7.52. The summed E-state index contributed by atoms with van der Waals surface area (Å²) in [6.45, 7) is 10.8. The van der Waals surface area contributed by atoms with Crippen LogP contribution in [0.4, 0.5) is 0 Å². The van der Waals surface area contributed by atoms with Crippen LogP contribution in [0.25, 0.3) is 0 Å². The Balaban J connectivity index is 1.64. The molecule has 0 bridgehead atoms. The second-order valence-corrected chi connectivity index (χ2v) is 15.1. The summed E-state index contributed by atoms with van der Waals surface area (Å²) in [6, 6.07) is 5.09. The molecule has 1 aromatic rings. The van der Waals surface area contributed by atoms with Crippen LogP contribution in [0.15, 0.2) is 21.6 Å². The first-order valence-electron chi connectivity index (χ1n) is 9.29. The fraction of sp³-hybridized carbons (Fsp3) is 0.632. The van der Waals surface area contributed by atoms with Crippen LogP contribution in [-0.2, 0) is 9.53 Å². The second-order valence-electron chi connectivity index (χ2n) is 8.57. The van der Waals surface area contributed by atoms with E-state index in [2.05, 4.69) is 40.6 Å². The van der Waals surface area contributed by atoms with E-state index in [0.29, 0.717) is 6.73 Å². The van der Waals surface area contributed by atoms with E-state index in [9.17, 15) is 4.79 Å². The van der Waals surface area contributed by atoms with E-state index in [-0.39, 0.29) is 5.91 Å². The first-order chi connectivity index (χ1) is 12.2. The molecule has 0 unspecified atom stereocenters. The van der Waals surface area contributed by atoms with Gasteiger partial charge in [-0.15, -0.1) is 0 Å². The summed E-state index contributed by atoms with van der Waals surface area (Å²) in [4.78, 5) is 24.2. The minimum Gasteiger partial charge on any atom is -0.361 e. The Labute approximate surface area is 165 Å². The van der Waals surface area contributed by atoms with Gasteiger partial charge in [0.1, 0.15) is 12.3 Å². The monoisotopic (exact) mass is 437 g/mol. The summed E-state index contributed by atoms with van der Waals surface area (Å²) >= 11 is 3.52. The minimum absolute atomic E-state index is 0.118. The molecule has 1 saturated heterocycles. The van der Waals surface area contributed by atoms with Crippen molar-refractivity contribution in [2.45, 2.75) is 57.4 Å². The Bertz CT molecular complexity index is 712. The van der Waals surface area contributed by atoms with Gasteiger partial charge in [-0.1, -0.05) is 35.6 Å². The summed E-state index contributed by atoms with van der Waals surface area (Å²) in [5, 5.41) is 0. The molecule has 3 rings (SSSR count). The van der Waals surface area contributed by atoms with E-state index in [1.807, 2.05) is 24.0 Å². The van der Waals surface area contributed by atoms with Crippen LogP contribution in [0.5, 0.6) is 0 Å². The van der Waals surface area contributed by atoms with Crippen LogP contribution in [0.3, 0.4) is 0 Å². The first kappa shape index (κ1) is 19.7. The molecular formula is C19H28BrN3O2Si. The normalized spacial score (nSPS) is 23.2. The molecule has 5 nitrogen and oxygen atoms in total. The van der Waals surface area contributed by atoms with Crippen molar-refractivity contribution in [1.29, 1.82) is 0 Å². The van der Waals surface area contributed by atoms with Gasteiger partial charge in [-0.3, -0.25) is 14.8 Å². The fourth-order valence-corrected chi connectivity index (χ4v) is 4.79. The molecule has 1 amide bonds. The van der Waals surface area contributed by atoms with Crippen molar-refractivity contribution in [3.8, 4) is 0 Å². The number of aliphatic imine (C=N–C) groups is 1. The number of hydrogen-bond acceptors (Lipinski definition) is 4. The molecule has 0 aliphatic carbocycles. The average molecular weight is 438 g/mol. The Kier molecular flexibility index (Phi) is 5.70. The van der Waals surface area contributed by atoms with E-state index in [0.717, 1.165) is 60.0 Å². The SMILES string of the molecule is Cc1cc(Br)cc(C2=N[C@@]3(CC2)CCN(COCC[Si](C)(C)C)C3=O)n1. The van der Waals surface area contributed by atoms with Gasteiger partial charge in [-0.05, 0) is 44.4 Å². The topological polar surface area (TPSA) is 54.8 Å². The molecule has 0 saturated carbocycles. The third-order valence-electron chi connectivity index (χ3n) is 5.06. The summed E-state index contributed by atoms with van der Waals surface area (Å²) < 4.78 is 6.78. The third kappa shape index (κ3) is 4.43. The zero-order valence-electron chi connectivity index (χ0n) is 16.1. The highest BCUT2D eigenvalue weighted by Crippen LogP contribution is 2.37. The van der Waals surface area contributed by atoms with Crippen LogP contribution in [-0.4, -0.2) is 55.0 Å². The third-order valence-corrected chi connectivity index (χ3v) is 7.22. The van der Waals surface area contributed by atoms with E-state index in [1.165, 1.54) is 0 Å². The van der Waals surface area contributed by atoms with E-state index in [4.69, 9.17) is 9.73 Å². The molecule has 1 atom stereocenters. The van der Waals surface area contributed by atoms with Crippen molar-refractivity contribution < 1.29 is 9.53 Å². The van der Waals surface area contributed by atoms with Crippen LogP contribution >= 0.6 is 15.9 Å². The molecule has 142 valence electrons. The molecule has 3 heterocycles. The lowest BCUT2D eigenvalue weighted by Gasteiger charge is -2.21. The van der Waals surface area contributed by atoms with Crippen LogP contribution in [0.2, 0.25) is 25.7 Å². The number of carbonyl (C=O) groups excluding carboxylic acids is 1. The maximum Gasteiger partial charge on any atom is 0.252 e. The molecule has 0 aromatic carbocycles. The molecule has 0 N–H and O–H groups in total. The maximum atomic E-state index is 12.9. The molecule has 2 aliphatic rings. The van der Waals surface area contributed by atoms with Gasteiger partial charge >= 0.3 is 0 Å². The number of aromatic nitrogens is 1. The zero-order chi connectivity index (χ0) is 18.9. The van der Waals surface area contributed by atoms with E-state index < -0.39 is 13.6 Å². The Morgan fingerprint density at radius 3 is 2.77 bits per heavy atom. The van der Waals surface area contributed by atoms with Crippen LogP contribution < -0.4 is 0 Å². The van der Waals surface area contributed by atoms with Crippen LogP contribution in [0, 0.1) is 6.92 Å². The first-order valence-corrected chi connectivity index (χ1v) is 13.8. The summed E-state index contributed by atoms with van der Waals surface area (Å²) in [5.41, 5.74) is 2.19. The molecule has 1 aromatic heterocycles. The highest BCUT2D eigenvalue weighted by atomic mass is 79.9. The lowest BCUT2D eigenvalue weighted by molar-refractivity contribution is -0.136. The van der Waals surface area contributed by atoms with Gasteiger partial charge in [-0.25, -0.2) is 0 Å². The lowest BCUT2D eigenvalue weighted by Crippen LogP contribution is -2.38. The van der Waals surface area contributed by atoms with Crippen LogP contribution in [0.1, 0.15) is 30.7 Å². The predicted molar refractivity (Wildman–Crippen MR) is 110 cm³/mol.